The van der Waals surface area contributed by atoms with Gasteiger partial charge in [0.2, 0.25) is 0 Å². The average Bonchev–Trinajstić information content (AvgIpc) is 2.70. The summed E-state index contributed by atoms with van der Waals surface area (Å²) in [6.07, 6.45) is 1.94. The predicted octanol–water partition coefficient (Wildman–Crippen LogP) is 1.98. The van der Waals surface area contributed by atoms with E-state index in [0.717, 1.165) is 17.5 Å². The number of aliphatic imine (C=N–C) groups is 1. The molecule has 0 aliphatic heterocycles. The molecule has 9 heteroatoms. The van der Waals surface area contributed by atoms with Crippen molar-refractivity contribution in [1.82, 2.24) is 16.0 Å². The summed E-state index contributed by atoms with van der Waals surface area (Å²) in [6.45, 7) is 1.24. The van der Waals surface area contributed by atoms with Gasteiger partial charge in [0.15, 0.2) is 15.8 Å². The molecule has 2 rings (SSSR count). The molecule has 29 heavy (non-hydrogen) atoms. The summed E-state index contributed by atoms with van der Waals surface area (Å²) in [5.41, 5.74) is 2.70. The maximum Gasteiger partial charge on any atom is 0.251 e. The van der Waals surface area contributed by atoms with Crippen LogP contribution in [0.15, 0.2) is 58.4 Å². The number of halogens is 1. The Kier molecular flexibility index (Phi) is 10.1. The molecule has 2 aromatic rings. The number of hydrogen-bond acceptors (Lipinski definition) is 4. The lowest BCUT2D eigenvalue weighted by Crippen LogP contribution is -2.37. The highest BCUT2D eigenvalue weighted by Gasteiger charge is 2.06. The minimum absolute atomic E-state index is 0. The maximum atomic E-state index is 11.6. The first-order chi connectivity index (χ1) is 13.3. The monoisotopic (exact) mass is 530 g/mol. The van der Waals surface area contributed by atoms with Gasteiger partial charge in [-0.3, -0.25) is 9.79 Å². The maximum absolute atomic E-state index is 11.6. The zero-order valence-electron chi connectivity index (χ0n) is 16.7. The van der Waals surface area contributed by atoms with E-state index in [1.807, 2.05) is 24.3 Å². The lowest BCUT2D eigenvalue weighted by molar-refractivity contribution is 0.0963. The molecule has 0 spiro atoms. The molecule has 2 aromatic carbocycles. The number of carbonyl (C=O) groups excluding carboxylic acids is 1. The van der Waals surface area contributed by atoms with Gasteiger partial charge in [0, 0.05) is 39.0 Å². The second-order valence-electron chi connectivity index (χ2n) is 6.29. The Hall–Kier alpha value is -2.14. The van der Waals surface area contributed by atoms with E-state index in [1.54, 1.807) is 38.4 Å². The molecular formula is C20H27IN4O3S. The number of nitrogens with one attached hydrogen (secondary N) is 3. The molecule has 3 N–H and O–H groups in total. The highest BCUT2D eigenvalue weighted by molar-refractivity contribution is 14.0. The summed E-state index contributed by atoms with van der Waals surface area (Å²) in [5, 5.41) is 9.04. The van der Waals surface area contributed by atoms with E-state index in [4.69, 9.17) is 0 Å². The van der Waals surface area contributed by atoms with Crippen LogP contribution >= 0.6 is 24.0 Å². The van der Waals surface area contributed by atoms with Gasteiger partial charge in [0.25, 0.3) is 5.91 Å². The molecule has 0 unspecified atom stereocenters. The number of hydrogen-bond donors (Lipinski definition) is 3. The summed E-state index contributed by atoms with van der Waals surface area (Å²) in [7, 11) is 0.137. The first-order valence-electron chi connectivity index (χ1n) is 8.88. The van der Waals surface area contributed by atoms with Crippen LogP contribution in [0, 0.1) is 0 Å². The quantitative estimate of drug-likeness (QED) is 0.289. The Morgan fingerprint density at radius 3 is 2.07 bits per heavy atom. The number of benzene rings is 2. The van der Waals surface area contributed by atoms with Gasteiger partial charge in [0.1, 0.15) is 0 Å². The van der Waals surface area contributed by atoms with Gasteiger partial charge in [-0.2, -0.15) is 0 Å². The smallest absolute Gasteiger partial charge is 0.251 e. The Bertz CT molecular complexity index is 927. The van der Waals surface area contributed by atoms with Gasteiger partial charge in [-0.05, 0) is 41.8 Å². The van der Waals surface area contributed by atoms with Gasteiger partial charge in [-0.15, -0.1) is 24.0 Å². The molecule has 1 amide bonds. The van der Waals surface area contributed by atoms with E-state index in [0.29, 0.717) is 29.5 Å². The molecule has 0 fully saturated rings. The number of rotatable bonds is 7. The fourth-order valence-electron chi connectivity index (χ4n) is 2.55. The lowest BCUT2D eigenvalue weighted by Gasteiger charge is -2.12. The standard InChI is InChI=1S/C20H26N4O3S.HI/c1-21-19(25)17-8-4-16(5-9-17)14-24-20(22-2)23-13-12-15-6-10-18(11-7-15)28(3,26)27;/h4-11H,12-14H2,1-3H3,(H,21,25)(H2,22,23,24);1H. The third-order valence-electron chi connectivity index (χ3n) is 4.18. The average molecular weight is 530 g/mol. The van der Waals surface area contributed by atoms with Crippen molar-refractivity contribution in [2.75, 3.05) is 26.9 Å². The summed E-state index contributed by atoms with van der Waals surface area (Å²) < 4.78 is 23.0. The number of amides is 1. The minimum atomic E-state index is -3.17. The molecule has 158 valence electrons. The van der Waals surface area contributed by atoms with Crippen molar-refractivity contribution in [1.29, 1.82) is 0 Å². The fourth-order valence-corrected chi connectivity index (χ4v) is 3.18. The van der Waals surface area contributed by atoms with Gasteiger partial charge < -0.3 is 16.0 Å². The van der Waals surface area contributed by atoms with Gasteiger partial charge >= 0.3 is 0 Å². The zero-order valence-corrected chi connectivity index (χ0v) is 19.9. The van der Waals surface area contributed by atoms with Crippen molar-refractivity contribution >= 4 is 45.7 Å². The Balaban J connectivity index is 0.00000420. The second kappa shape index (κ2) is 11.8. The normalized spacial score (nSPS) is 11.3. The van der Waals surface area contributed by atoms with Crippen molar-refractivity contribution in [3.63, 3.8) is 0 Å². The third kappa shape index (κ3) is 8.01. The second-order valence-corrected chi connectivity index (χ2v) is 8.31. The van der Waals surface area contributed by atoms with E-state index in [9.17, 15) is 13.2 Å². The first-order valence-corrected chi connectivity index (χ1v) is 10.8. The highest BCUT2D eigenvalue weighted by atomic mass is 127. The van der Waals surface area contributed by atoms with Crippen LogP contribution in [0.1, 0.15) is 21.5 Å². The molecule has 7 nitrogen and oxygen atoms in total. The van der Waals surface area contributed by atoms with Crippen LogP contribution in [-0.4, -0.2) is 47.2 Å². The predicted molar refractivity (Wildman–Crippen MR) is 127 cm³/mol. The van der Waals surface area contributed by atoms with Crippen LogP contribution in [-0.2, 0) is 22.8 Å². The molecule has 0 atom stereocenters. The number of nitrogens with zero attached hydrogens (tertiary/aromatic N) is 1. The van der Waals surface area contributed by atoms with E-state index >= 15 is 0 Å². The zero-order chi connectivity index (χ0) is 20.6. The molecule has 0 saturated heterocycles. The molecule has 0 heterocycles. The van der Waals surface area contributed by atoms with Crippen molar-refractivity contribution in [3.05, 3.63) is 65.2 Å². The molecular weight excluding hydrogens is 503 g/mol. The van der Waals surface area contributed by atoms with Crippen molar-refractivity contribution in [3.8, 4) is 0 Å². The van der Waals surface area contributed by atoms with Crippen LogP contribution in [0.4, 0.5) is 0 Å². The molecule has 0 aliphatic carbocycles. The fraction of sp³-hybridized carbons (Fsp3) is 0.300. The Morgan fingerprint density at radius 2 is 1.55 bits per heavy atom. The van der Waals surface area contributed by atoms with Gasteiger partial charge in [-0.1, -0.05) is 24.3 Å². The van der Waals surface area contributed by atoms with Gasteiger partial charge in [0.05, 0.1) is 4.90 Å². The highest BCUT2D eigenvalue weighted by Crippen LogP contribution is 2.10. The summed E-state index contributed by atoms with van der Waals surface area (Å²) in [4.78, 5) is 16.1. The van der Waals surface area contributed by atoms with E-state index in [-0.39, 0.29) is 29.9 Å². The minimum Gasteiger partial charge on any atom is -0.356 e. The van der Waals surface area contributed by atoms with Crippen molar-refractivity contribution in [2.45, 2.75) is 17.9 Å². The Morgan fingerprint density at radius 1 is 0.966 bits per heavy atom. The largest absolute Gasteiger partial charge is 0.356 e. The number of sulfone groups is 1. The van der Waals surface area contributed by atoms with Crippen molar-refractivity contribution in [2.24, 2.45) is 4.99 Å². The van der Waals surface area contributed by atoms with E-state index in [1.165, 1.54) is 6.26 Å². The van der Waals surface area contributed by atoms with Gasteiger partial charge in [-0.25, -0.2) is 8.42 Å². The molecule has 0 aromatic heterocycles. The topological polar surface area (TPSA) is 99.7 Å². The van der Waals surface area contributed by atoms with Crippen molar-refractivity contribution < 1.29 is 13.2 Å². The lowest BCUT2D eigenvalue weighted by atomic mass is 10.1. The Labute approximate surface area is 189 Å². The number of guanidine groups is 1. The summed E-state index contributed by atoms with van der Waals surface area (Å²) >= 11 is 0. The van der Waals surface area contributed by atoms with Crippen LogP contribution in [0.3, 0.4) is 0 Å². The van der Waals surface area contributed by atoms with Crippen LogP contribution in [0.25, 0.3) is 0 Å². The molecule has 0 bridgehead atoms. The molecule has 0 radical (unpaired) electrons. The van der Waals surface area contributed by atoms with E-state index in [2.05, 4.69) is 20.9 Å². The third-order valence-corrected chi connectivity index (χ3v) is 5.31. The number of carbonyl (C=O) groups is 1. The van der Waals surface area contributed by atoms with Crippen LogP contribution in [0.5, 0.6) is 0 Å². The molecule has 0 aliphatic rings. The first kappa shape index (κ1) is 24.9. The van der Waals surface area contributed by atoms with E-state index < -0.39 is 9.84 Å². The molecule has 0 saturated carbocycles. The van der Waals surface area contributed by atoms with Crippen LogP contribution in [0.2, 0.25) is 0 Å². The summed E-state index contributed by atoms with van der Waals surface area (Å²) in [6, 6.07) is 14.3. The summed E-state index contributed by atoms with van der Waals surface area (Å²) in [5.74, 6) is 0.560. The van der Waals surface area contributed by atoms with Crippen LogP contribution < -0.4 is 16.0 Å². The SMILES string of the molecule is CN=C(NCCc1ccc(S(C)(=O)=O)cc1)NCc1ccc(C(=O)NC)cc1.I.